The number of carbonyl (C=O) groups is 3. The highest BCUT2D eigenvalue weighted by atomic mass is 32.2. The van der Waals surface area contributed by atoms with Gasteiger partial charge in [-0.1, -0.05) is 11.8 Å². The predicted molar refractivity (Wildman–Crippen MR) is 89.2 cm³/mol. The van der Waals surface area contributed by atoms with Gasteiger partial charge in [0.2, 0.25) is 0 Å². The predicted octanol–water partition coefficient (Wildman–Crippen LogP) is 0.464. The maximum Gasteiger partial charge on any atom is 0.303 e. The number of nitrogens with one attached hydrogen (secondary N) is 1. The van der Waals surface area contributed by atoms with Crippen molar-refractivity contribution < 1.29 is 42.1 Å². The summed E-state index contributed by atoms with van der Waals surface area (Å²) in [5.41, 5.74) is -0.668. The van der Waals surface area contributed by atoms with Crippen LogP contribution in [0, 0.1) is 0 Å². The number of hydrogen-bond donors (Lipinski definition) is 1. The van der Waals surface area contributed by atoms with Crippen molar-refractivity contribution in [1.29, 1.82) is 0 Å². The highest BCUT2D eigenvalue weighted by Crippen LogP contribution is 2.36. The average molecular weight is 410 g/mol. The van der Waals surface area contributed by atoms with E-state index in [2.05, 4.69) is 10.3 Å². The molecule has 2 aliphatic heterocycles. The van der Waals surface area contributed by atoms with Gasteiger partial charge in [-0.3, -0.25) is 19.4 Å². The zero-order valence-corrected chi connectivity index (χ0v) is 15.7. The molecular formula is C15H20F2N2O7S. The number of ether oxygens (including phenoxy) is 4. The molecule has 2 heterocycles. The van der Waals surface area contributed by atoms with Crippen molar-refractivity contribution in [2.24, 2.45) is 4.99 Å². The van der Waals surface area contributed by atoms with Crippen molar-refractivity contribution in [1.82, 2.24) is 5.32 Å². The lowest BCUT2D eigenvalue weighted by Crippen LogP contribution is -2.62. The van der Waals surface area contributed by atoms with Gasteiger partial charge in [0.25, 0.3) is 6.43 Å². The molecule has 5 atom stereocenters. The van der Waals surface area contributed by atoms with E-state index in [9.17, 15) is 23.2 Å². The Morgan fingerprint density at radius 1 is 1.15 bits per heavy atom. The fourth-order valence-electron chi connectivity index (χ4n) is 2.68. The number of amidine groups is 1. The van der Waals surface area contributed by atoms with E-state index in [4.69, 9.17) is 18.9 Å². The fraction of sp³-hybridized carbons (Fsp3) is 0.733. The molecule has 1 unspecified atom stereocenters. The smallest absolute Gasteiger partial charge is 0.303 e. The minimum atomic E-state index is -2.61. The molecule has 152 valence electrons. The second-order valence-electron chi connectivity index (χ2n) is 5.82. The molecule has 1 N–H and O–H groups in total. The summed E-state index contributed by atoms with van der Waals surface area (Å²) in [5.74, 6) is -1.85. The first-order valence-electron chi connectivity index (χ1n) is 8.06. The molecule has 2 rings (SSSR count). The molecule has 0 radical (unpaired) electrons. The average Bonchev–Trinajstić information content (AvgIpc) is 2.95. The highest BCUT2D eigenvalue weighted by molar-refractivity contribution is 8.14. The van der Waals surface area contributed by atoms with E-state index >= 15 is 0 Å². The molecular weight excluding hydrogens is 390 g/mol. The topological polar surface area (TPSA) is 113 Å². The first-order chi connectivity index (χ1) is 12.7. The van der Waals surface area contributed by atoms with E-state index in [0.717, 1.165) is 11.8 Å². The van der Waals surface area contributed by atoms with E-state index in [-0.39, 0.29) is 11.8 Å². The number of hydrogen-bond acceptors (Lipinski definition) is 9. The Hall–Kier alpha value is -1.95. The van der Waals surface area contributed by atoms with E-state index < -0.39 is 60.7 Å². The lowest BCUT2D eigenvalue weighted by molar-refractivity contribution is -0.209. The summed E-state index contributed by atoms with van der Waals surface area (Å²) < 4.78 is 46.1. The van der Waals surface area contributed by atoms with Crippen LogP contribution in [0.1, 0.15) is 20.8 Å². The summed E-state index contributed by atoms with van der Waals surface area (Å²) in [6.07, 6.45) is -5.57. The van der Waals surface area contributed by atoms with Crippen LogP contribution in [0.2, 0.25) is 0 Å². The minimum Gasteiger partial charge on any atom is -0.463 e. The number of aliphatic imine (C=N–C) groups is 1. The number of alkyl halides is 2. The number of nitrogens with zero attached hydrogens (tertiary/aromatic N) is 1. The molecule has 27 heavy (non-hydrogen) atoms. The zero-order chi connectivity index (χ0) is 20.1. The lowest BCUT2D eigenvalue weighted by atomic mass is 9.97. The number of rotatable bonds is 6. The first-order valence-corrected chi connectivity index (χ1v) is 8.94. The van der Waals surface area contributed by atoms with Gasteiger partial charge in [0.15, 0.2) is 17.4 Å². The van der Waals surface area contributed by atoms with Crippen molar-refractivity contribution in [3.05, 3.63) is 0 Å². The molecule has 0 aromatic carbocycles. The van der Waals surface area contributed by atoms with Crippen LogP contribution in [0.4, 0.5) is 8.78 Å². The van der Waals surface area contributed by atoms with Gasteiger partial charge in [0.05, 0.1) is 0 Å². The summed E-state index contributed by atoms with van der Waals surface area (Å²) in [7, 11) is 0. The molecule has 2 saturated heterocycles. The molecule has 0 bridgehead atoms. The van der Waals surface area contributed by atoms with Gasteiger partial charge < -0.3 is 24.3 Å². The minimum absolute atomic E-state index is 0.192. The quantitative estimate of drug-likeness (QED) is 0.493. The van der Waals surface area contributed by atoms with Gasteiger partial charge in [-0.05, 0) is 0 Å². The maximum absolute atomic E-state index is 12.4. The second-order valence-corrected chi connectivity index (χ2v) is 6.91. The van der Waals surface area contributed by atoms with Gasteiger partial charge in [-0.2, -0.15) is 0 Å². The normalized spacial score (nSPS) is 31.2. The third-order valence-electron chi connectivity index (χ3n) is 3.59. The van der Waals surface area contributed by atoms with Gasteiger partial charge >= 0.3 is 17.9 Å². The highest BCUT2D eigenvalue weighted by Gasteiger charge is 2.53. The van der Waals surface area contributed by atoms with Crippen LogP contribution in [-0.4, -0.2) is 72.4 Å². The van der Waals surface area contributed by atoms with Gasteiger partial charge in [0.1, 0.15) is 30.7 Å². The summed E-state index contributed by atoms with van der Waals surface area (Å²) in [6.45, 7) is 2.63. The monoisotopic (exact) mass is 410 g/mol. The van der Waals surface area contributed by atoms with Crippen LogP contribution in [0.25, 0.3) is 0 Å². The molecule has 0 saturated carbocycles. The largest absolute Gasteiger partial charge is 0.463 e. The van der Waals surface area contributed by atoms with E-state index in [1.807, 2.05) is 0 Å². The molecule has 2 fully saturated rings. The number of fused-ring (bicyclic) bond motifs is 1. The summed E-state index contributed by atoms with van der Waals surface area (Å²) in [5, 5.41) is 3.06. The van der Waals surface area contributed by atoms with Crippen LogP contribution in [0.15, 0.2) is 4.99 Å². The maximum atomic E-state index is 12.4. The lowest BCUT2D eigenvalue weighted by Gasteiger charge is -2.41. The Kier molecular flexibility index (Phi) is 7.36. The molecule has 0 aliphatic carbocycles. The Balaban J connectivity index is 2.25. The van der Waals surface area contributed by atoms with Crippen LogP contribution in [-0.2, 0) is 33.3 Å². The van der Waals surface area contributed by atoms with Crippen molar-refractivity contribution in [3.63, 3.8) is 0 Å². The number of halogens is 2. The summed E-state index contributed by atoms with van der Waals surface area (Å²) in [4.78, 5) is 37.9. The van der Waals surface area contributed by atoms with Gasteiger partial charge in [-0.15, -0.1) is 0 Å². The molecule has 12 heteroatoms. The molecule has 0 aromatic rings. The third kappa shape index (κ3) is 6.03. The van der Waals surface area contributed by atoms with Crippen molar-refractivity contribution in [2.75, 3.05) is 13.2 Å². The third-order valence-corrected chi connectivity index (χ3v) is 4.70. The summed E-state index contributed by atoms with van der Waals surface area (Å²) in [6, 6.07) is -0.687. The van der Waals surface area contributed by atoms with Gasteiger partial charge in [0, 0.05) is 20.8 Å². The number of carbonyl (C=O) groups excluding carboxylic acids is 3. The second kappa shape index (κ2) is 9.31. The Morgan fingerprint density at radius 2 is 1.78 bits per heavy atom. The van der Waals surface area contributed by atoms with Gasteiger partial charge in [-0.25, -0.2) is 8.78 Å². The molecule has 0 spiro atoms. The zero-order valence-electron chi connectivity index (χ0n) is 14.8. The van der Waals surface area contributed by atoms with Crippen molar-refractivity contribution in [2.45, 2.75) is 57.0 Å². The first kappa shape index (κ1) is 21.4. The van der Waals surface area contributed by atoms with E-state index in [1.54, 1.807) is 0 Å². The van der Waals surface area contributed by atoms with E-state index in [1.165, 1.54) is 20.8 Å². The molecule has 0 aromatic heterocycles. The van der Waals surface area contributed by atoms with Crippen LogP contribution in [0.3, 0.4) is 0 Å². The van der Waals surface area contributed by atoms with E-state index in [0.29, 0.717) is 0 Å². The van der Waals surface area contributed by atoms with Crippen molar-refractivity contribution in [3.8, 4) is 0 Å². The molecule has 9 nitrogen and oxygen atoms in total. The molecule has 0 amide bonds. The van der Waals surface area contributed by atoms with Crippen LogP contribution < -0.4 is 5.32 Å². The van der Waals surface area contributed by atoms with Crippen LogP contribution in [0.5, 0.6) is 0 Å². The standard InChI is InChI=1S/C15H20F2N2O7S/c1-6(20)23-5-9-12(24-7(2)21)13(25-8(3)22)11-14(26-9)27-15(19-11)18-4-10(16)17/h9-14H,4-5H2,1-3H3,(H,18,19)/t9-,11?,12-,13-,14+/m1/s1. The Bertz CT molecular complexity index is 619. The molecule has 2 aliphatic rings. The summed E-state index contributed by atoms with van der Waals surface area (Å²) >= 11 is 1.04. The fourth-order valence-corrected chi connectivity index (χ4v) is 3.82. The number of esters is 3. The Labute approximate surface area is 158 Å². The SMILES string of the molecule is CC(=O)OC[C@H]1O[C@H]2SC(=NCC(F)F)NC2[C@@H](OC(C)=O)[C@@H]1OC(C)=O. The number of thioether (sulfide) groups is 1. The Morgan fingerprint density at radius 3 is 2.33 bits per heavy atom. The van der Waals surface area contributed by atoms with Crippen molar-refractivity contribution >= 4 is 34.8 Å². The van der Waals surface area contributed by atoms with Crippen LogP contribution >= 0.6 is 11.8 Å².